The highest BCUT2D eigenvalue weighted by Gasteiger charge is 2.09. The molecule has 1 aromatic carbocycles. The van der Waals surface area contributed by atoms with Crippen LogP contribution in [-0.4, -0.2) is 13.2 Å². The largest absolute Gasteiger partial charge is 0.493 e. The van der Waals surface area contributed by atoms with Crippen molar-refractivity contribution in [3.05, 3.63) is 29.8 Å². The van der Waals surface area contributed by atoms with E-state index in [1.54, 1.807) is 0 Å². The third-order valence-corrected chi connectivity index (χ3v) is 2.55. The molecule has 0 saturated heterocycles. The summed E-state index contributed by atoms with van der Waals surface area (Å²) in [6.45, 7) is 8.32. The molecule has 0 amide bonds. The van der Waals surface area contributed by atoms with Gasteiger partial charge < -0.3 is 10.1 Å². The van der Waals surface area contributed by atoms with Crippen molar-refractivity contribution in [3.8, 4) is 5.75 Å². The molecule has 2 nitrogen and oxygen atoms in total. The molecule has 90 valence electrons. The molecule has 1 aromatic rings. The third kappa shape index (κ3) is 3.86. The van der Waals surface area contributed by atoms with E-state index in [1.165, 1.54) is 5.56 Å². The summed E-state index contributed by atoms with van der Waals surface area (Å²) in [6, 6.07) is 8.64. The van der Waals surface area contributed by atoms with Gasteiger partial charge in [0, 0.05) is 11.6 Å². The van der Waals surface area contributed by atoms with Gasteiger partial charge in [-0.25, -0.2) is 0 Å². The molecule has 0 aliphatic heterocycles. The van der Waals surface area contributed by atoms with Crippen molar-refractivity contribution >= 4 is 0 Å². The van der Waals surface area contributed by atoms with Gasteiger partial charge in [-0.1, -0.05) is 32.0 Å². The van der Waals surface area contributed by atoms with Gasteiger partial charge in [0.1, 0.15) is 5.75 Å². The minimum Gasteiger partial charge on any atom is -0.493 e. The second kappa shape index (κ2) is 7.29. The Labute approximate surface area is 99.0 Å². The molecule has 0 saturated carbocycles. The van der Waals surface area contributed by atoms with Gasteiger partial charge in [0.05, 0.1) is 6.61 Å². The lowest BCUT2D eigenvalue weighted by Gasteiger charge is -2.17. The van der Waals surface area contributed by atoms with Crippen LogP contribution in [0.5, 0.6) is 5.75 Å². The highest BCUT2D eigenvalue weighted by molar-refractivity contribution is 5.35. The molecule has 0 fully saturated rings. The molecule has 0 heterocycles. The van der Waals surface area contributed by atoms with Crippen LogP contribution in [0.1, 0.15) is 45.2 Å². The van der Waals surface area contributed by atoms with Gasteiger partial charge >= 0.3 is 0 Å². The molecule has 1 N–H and O–H groups in total. The molecule has 1 atom stereocenters. The Morgan fingerprint density at radius 3 is 2.62 bits per heavy atom. The fraction of sp³-hybridized carbons (Fsp3) is 0.571. The zero-order valence-corrected chi connectivity index (χ0v) is 10.6. The van der Waals surface area contributed by atoms with E-state index >= 15 is 0 Å². The highest BCUT2D eigenvalue weighted by atomic mass is 16.5. The Morgan fingerprint density at radius 2 is 1.94 bits per heavy atom. The summed E-state index contributed by atoms with van der Waals surface area (Å²) in [5.41, 5.74) is 1.25. The maximum atomic E-state index is 5.75. The van der Waals surface area contributed by atoms with Crippen LogP contribution in [0.2, 0.25) is 0 Å². The molecule has 0 aliphatic carbocycles. The molecule has 16 heavy (non-hydrogen) atoms. The second-order valence-electron chi connectivity index (χ2n) is 4.06. The lowest BCUT2D eigenvalue weighted by molar-refractivity contribution is 0.311. The van der Waals surface area contributed by atoms with Crippen molar-refractivity contribution < 1.29 is 4.74 Å². The van der Waals surface area contributed by atoms with Crippen LogP contribution < -0.4 is 10.1 Å². The molecule has 0 unspecified atom stereocenters. The predicted molar refractivity (Wildman–Crippen MR) is 68.9 cm³/mol. The molecule has 0 bridgehead atoms. The van der Waals surface area contributed by atoms with E-state index in [9.17, 15) is 0 Å². The fourth-order valence-electron chi connectivity index (χ4n) is 1.65. The van der Waals surface area contributed by atoms with Crippen molar-refractivity contribution in [1.29, 1.82) is 0 Å². The Hall–Kier alpha value is -1.02. The SMILES string of the molecule is CCCN[C@@H](C)c1ccccc1OCCC. The van der Waals surface area contributed by atoms with Gasteiger partial charge in [-0.3, -0.25) is 0 Å². The summed E-state index contributed by atoms with van der Waals surface area (Å²) in [6.07, 6.45) is 2.20. The molecule has 0 aromatic heterocycles. The van der Waals surface area contributed by atoms with Gasteiger partial charge in [0.2, 0.25) is 0 Å². The van der Waals surface area contributed by atoms with Gasteiger partial charge in [-0.15, -0.1) is 0 Å². The van der Waals surface area contributed by atoms with E-state index in [4.69, 9.17) is 4.74 Å². The predicted octanol–water partition coefficient (Wildman–Crippen LogP) is 3.54. The minimum atomic E-state index is 0.355. The molecule has 0 aliphatic rings. The van der Waals surface area contributed by atoms with Gasteiger partial charge in [-0.05, 0) is 32.4 Å². The highest BCUT2D eigenvalue weighted by Crippen LogP contribution is 2.24. The quantitative estimate of drug-likeness (QED) is 0.760. The monoisotopic (exact) mass is 221 g/mol. The third-order valence-electron chi connectivity index (χ3n) is 2.55. The molecule has 0 radical (unpaired) electrons. The second-order valence-corrected chi connectivity index (χ2v) is 4.06. The Kier molecular flexibility index (Phi) is 5.94. The number of hydrogen-bond acceptors (Lipinski definition) is 2. The van der Waals surface area contributed by atoms with Crippen LogP contribution in [-0.2, 0) is 0 Å². The van der Waals surface area contributed by atoms with Gasteiger partial charge in [-0.2, -0.15) is 0 Å². The summed E-state index contributed by atoms with van der Waals surface area (Å²) < 4.78 is 5.75. The van der Waals surface area contributed by atoms with Crippen LogP contribution >= 0.6 is 0 Å². The van der Waals surface area contributed by atoms with E-state index < -0.39 is 0 Å². The van der Waals surface area contributed by atoms with Crippen LogP contribution in [0, 0.1) is 0 Å². The summed E-state index contributed by atoms with van der Waals surface area (Å²) in [7, 11) is 0. The lowest BCUT2D eigenvalue weighted by Crippen LogP contribution is -2.20. The number of rotatable bonds is 7. The van der Waals surface area contributed by atoms with Crippen molar-refractivity contribution in [2.45, 2.75) is 39.7 Å². The van der Waals surface area contributed by atoms with E-state index in [0.717, 1.165) is 31.7 Å². The van der Waals surface area contributed by atoms with Crippen molar-refractivity contribution in [3.63, 3.8) is 0 Å². The molecule has 2 heteroatoms. The Morgan fingerprint density at radius 1 is 1.19 bits per heavy atom. The normalized spacial score (nSPS) is 12.4. The standard InChI is InChI=1S/C14H23NO/c1-4-10-15-12(3)13-8-6-7-9-14(13)16-11-5-2/h6-9,12,15H,4-5,10-11H2,1-3H3/t12-/m0/s1. The fourth-order valence-corrected chi connectivity index (χ4v) is 1.65. The molecular formula is C14H23NO. The molecular weight excluding hydrogens is 198 g/mol. The Balaban J connectivity index is 2.68. The number of benzene rings is 1. The zero-order chi connectivity index (χ0) is 11.8. The maximum absolute atomic E-state index is 5.75. The summed E-state index contributed by atoms with van der Waals surface area (Å²) in [5.74, 6) is 1.01. The number of nitrogens with one attached hydrogen (secondary N) is 1. The first-order valence-electron chi connectivity index (χ1n) is 6.24. The van der Waals surface area contributed by atoms with Crippen molar-refractivity contribution in [2.24, 2.45) is 0 Å². The Bertz CT molecular complexity index is 299. The lowest BCUT2D eigenvalue weighted by atomic mass is 10.1. The van der Waals surface area contributed by atoms with Crippen molar-refractivity contribution in [2.75, 3.05) is 13.2 Å². The topological polar surface area (TPSA) is 21.3 Å². The van der Waals surface area contributed by atoms with E-state index in [0.29, 0.717) is 6.04 Å². The average Bonchev–Trinajstić information content (AvgIpc) is 2.33. The van der Waals surface area contributed by atoms with Crippen LogP contribution in [0.15, 0.2) is 24.3 Å². The summed E-state index contributed by atoms with van der Waals surface area (Å²) in [5, 5.41) is 3.49. The first-order valence-corrected chi connectivity index (χ1v) is 6.24. The minimum absolute atomic E-state index is 0.355. The summed E-state index contributed by atoms with van der Waals surface area (Å²) in [4.78, 5) is 0. The maximum Gasteiger partial charge on any atom is 0.124 e. The first-order chi connectivity index (χ1) is 7.79. The smallest absolute Gasteiger partial charge is 0.124 e. The molecule has 1 rings (SSSR count). The summed E-state index contributed by atoms with van der Waals surface area (Å²) >= 11 is 0. The van der Waals surface area contributed by atoms with Crippen LogP contribution in [0.4, 0.5) is 0 Å². The number of para-hydroxylation sites is 1. The van der Waals surface area contributed by atoms with E-state index in [2.05, 4.69) is 44.3 Å². The van der Waals surface area contributed by atoms with E-state index in [-0.39, 0.29) is 0 Å². The molecule has 0 spiro atoms. The zero-order valence-electron chi connectivity index (χ0n) is 10.6. The average molecular weight is 221 g/mol. The number of hydrogen-bond donors (Lipinski definition) is 1. The first kappa shape index (κ1) is 13.0. The van der Waals surface area contributed by atoms with Gasteiger partial charge in [0.15, 0.2) is 0 Å². The number of ether oxygens (including phenoxy) is 1. The van der Waals surface area contributed by atoms with Crippen LogP contribution in [0.3, 0.4) is 0 Å². The van der Waals surface area contributed by atoms with E-state index in [1.807, 2.05) is 6.07 Å². The van der Waals surface area contributed by atoms with Crippen molar-refractivity contribution in [1.82, 2.24) is 5.32 Å². The van der Waals surface area contributed by atoms with Gasteiger partial charge in [0.25, 0.3) is 0 Å². The van der Waals surface area contributed by atoms with Crippen LogP contribution in [0.25, 0.3) is 0 Å².